The summed E-state index contributed by atoms with van der Waals surface area (Å²) in [5, 5.41) is 3.40. The summed E-state index contributed by atoms with van der Waals surface area (Å²) in [6.07, 6.45) is 3.22. The van der Waals surface area contributed by atoms with Crippen molar-refractivity contribution in [2.75, 3.05) is 26.8 Å². The van der Waals surface area contributed by atoms with Crippen LogP contribution in [0, 0.1) is 5.92 Å². The molecule has 4 nitrogen and oxygen atoms in total. The molecule has 3 aliphatic rings. The highest BCUT2D eigenvalue weighted by molar-refractivity contribution is 5.91. The molecule has 2 unspecified atom stereocenters. The van der Waals surface area contributed by atoms with Crippen molar-refractivity contribution >= 4 is 5.91 Å². The van der Waals surface area contributed by atoms with Crippen molar-refractivity contribution in [3.8, 4) is 0 Å². The van der Waals surface area contributed by atoms with Gasteiger partial charge in [0.15, 0.2) is 0 Å². The lowest BCUT2D eigenvalue weighted by Gasteiger charge is -2.39. The van der Waals surface area contributed by atoms with Crippen LogP contribution in [-0.4, -0.2) is 54.1 Å². The van der Waals surface area contributed by atoms with Crippen molar-refractivity contribution in [1.82, 2.24) is 15.1 Å². The van der Waals surface area contributed by atoms with Crippen LogP contribution in [0.15, 0.2) is 0 Å². The van der Waals surface area contributed by atoms with Gasteiger partial charge in [-0.15, -0.1) is 0 Å². The molecule has 1 N–H and O–H groups in total. The third-order valence-corrected chi connectivity index (χ3v) is 4.47. The number of carbonyl (C=O) groups excluding carboxylic acids is 1. The van der Waals surface area contributed by atoms with E-state index in [4.69, 9.17) is 0 Å². The van der Waals surface area contributed by atoms with Gasteiger partial charge in [0, 0.05) is 12.6 Å². The predicted octanol–water partition coefficient (Wildman–Crippen LogP) is 0.248. The van der Waals surface area contributed by atoms with Crippen LogP contribution < -0.4 is 5.32 Å². The molecule has 2 heterocycles. The maximum atomic E-state index is 12.3. The molecule has 0 radical (unpaired) electrons. The molecule has 2 atom stereocenters. The molecule has 16 heavy (non-hydrogen) atoms. The first-order chi connectivity index (χ1) is 7.62. The van der Waals surface area contributed by atoms with Crippen LogP contribution >= 0.6 is 0 Å². The lowest BCUT2D eigenvalue weighted by Crippen LogP contribution is -2.50. The van der Waals surface area contributed by atoms with E-state index >= 15 is 0 Å². The van der Waals surface area contributed by atoms with Gasteiger partial charge in [-0.05, 0) is 38.8 Å². The smallest absolute Gasteiger partial charge is 0.244 e. The van der Waals surface area contributed by atoms with E-state index < -0.39 is 0 Å². The Kier molecular flexibility index (Phi) is 2.27. The summed E-state index contributed by atoms with van der Waals surface area (Å²) < 4.78 is 0. The Morgan fingerprint density at radius 3 is 2.75 bits per heavy atom. The summed E-state index contributed by atoms with van der Waals surface area (Å²) >= 11 is 0. The first kappa shape index (κ1) is 10.5. The van der Waals surface area contributed by atoms with Crippen LogP contribution in [0.5, 0.6) is 0 Å². The number of nitrogens with zero attached hydrogens (tertiary/aromatic N) is 2. The summed E-state index contributed by atoms with van der Waals surface area (Å²) in [4.78, 5) is 16.7. The lowest BCUT2D eigenvalue weighted by molar-refractivity contribution is -0.133. The minimum Gasteiger partial charge on any atom is -0.325 e. The Hall–Kier alpha value is -0.610. The molecule has 1 amide bonds. The molecule has 4 heteroatoms. The minimum absolute atomic E-state index is 0.122. The Bertz CT molecular complexity index is 313. The summed E-state index contributed by atoms with van der Waals surface area (Å²) in [7, 11) is 2.17. The van der Waals surface area contributed by atoms with Gasteiger partial charge in [0.2, 0.25) is 5.91 Å². The second-order valence-electron chi connectivity index (χ2n) is 5.79. The van der Waals surface area contributed by atoms with Gasteiger partial charge in [0.05, 0.1) is 12.2 Å². The molecular weight excluding hydrogens is 202 g/mol. The summed E-state index contributed by atoms with van der Waals surface area (Å²) in [6.45, 7) is 5.27. The van der Waals surface area contributed by atoms with Gasteiger partial charge in [-0.1, -0.05) is 6.92 Å². The molecule has 0 bridgehead atoms. The highest BCUT2D eigenvalue weighted by Gasteiger charge is 2.57. The van der Waals surface area contributed by atoms with Gasteiger partial charge in [0.1, 0.15) is 0 Å². The van der Waals surface area contributed by atoms with Crippen molar-refractivity contribution in [2.45, 2.75) is 37.8 Å². The van der Waals surface area contributed by atoms with Crippen molar-refractivity contribution < 1.29 is 4.79 Å². The number of nitrogens with one attached hydrogen (secondary N) is 1. The van der Waals surface area contributed by atoms with Gasteiger partial charge in [-0.2, -0.15) is 0 Å². The van der Waals surface area contributed by atoms with Crippen LogP contribution in [-0.2, 0) is 4.79 Å². The van der Waals surface area contributed by atoms with Crippen LogP contribution in [0.4, 0.5) is 0 Å². The minimum atomic E-state index is -0.122. The Balaban J connectivity index is 1.71. The average molecular weight is 223 g/mol. The zero-order valence-corrected chi connectivity index (χ0v) is 10.2. The molecule has 3 rings (SSSR count). The summed E-state index contributed by atoms with van der Waals surface area (Å²) in [5.41, 5.74) is -0.122. The highest BCUT2D eigenvalue weighted by Crippen LogP contribution is 2.41. The Morgan fingerprint density at radius 1 is 1.44 bits per heavy atom. The fourth-order valence-corrected chi connectivity index (χ4v) is 3.25. The standard InChI is InChI=1S/C12H21N3O/c1-9-7-14(2)6-3-10(9)15-8-13-12(4-5-12)11(15)16/h9-10,13H,3-8H2,1-2H3. The maximum Gasteiger partial charge on any atom is 0.244 e. The molecule has 0 aromatic heterocycles. The maximum absolute atomic E-state index is 12.3. The van der Waals surface area contributed by atoms with Crippen molar-refractivity contribution in [3.63, 3.8) is 0 Å². The van der Waals surface area contributed by atoms with Crippen molar-refractivity contribution in [3.05, 3.63) is 0 Å². The Labute approximate surface area is 97.0 Å². The van der Waals surface area contributed by atoms with Crippen molar-refractivity contribution in [2.24, 2.45) is 5.92 Å². The molecule has 1 aliphatic carbocycles. The Morgan fingerprint density at radius 2 is 2.19 bits per heavy atom. The van der Waals surface area contributed by atoms with Gasteiger partial charge >= 0.3 is 0 Å². The second-order valence-corrected chi connectivity index (χ2v) is 5.79. The molecular formula is C12H21N3O. The quantitative estimate of drug-likeness (QED) is 0.692. The molecule has 90 valence electrons. The van der Waals surface area contributed by atoms with E-state index in [0.29, 0.717) is 17.9 Å². The SMILES string of the molecule is CC1CN(C)CCC1N1CNC2(CC2)C1=O. The average Bonchev–Trinajstić information content (AvgIpc) is 2.95. The fraction of sp³-hybridized carbons (Fsp3) is 0.917. The second kappa shape index (κ2) is 3.44. The molecule has 2 saturated heterocycles. The first-order valence-corrected chi connectivity index (χ1v) is 6.37. The van der Waals surface area contributed by atoms with E-state index in [1.807, 2.05) is 0 Å². The van der Waals surface area contributed by atoms with Gasteiger partial charge in [-0.25, -0.2) is 0 Å². The van der Waals surface area contributed by atoms with E-state index in [1.165, 1.54) is 0 Å². The van der Waals surface area contributed by atoms with Gasteiger partial charge in [0.25, 0.3) is 0 Å². The zero-order valence-electron chi connectivity index (χ0n) is 10.2. The van der Waals surface area contributed by atoms with Gasteiger partial charge < -0.3 is 9.80 Å². The number of piperidine rings is 1. The molecule has 3 fully saturated rings. The normalized spacial score (nSPS) is 38.4. The number of hydrogen-bond donors (Lipinski definition) is 1. The molecule has 0 aromatic rings. The van der Waals surface area contributed by atoms with Crippen LogP contribution in [0.25, 0.3) is 0 Å². The van der Waals surface area contributed by atoms with Crippen LogP contribution in [0.1, 0.15) is 26.2 Å². The topological polar surface area (TPSA) is 35.6 Å². The van der Waals surface area contributed by atoms with Crippen molar-refractivity contribution in [1.29, 1.82) is 0 Å². The third kappa shape index (κ3) is 1.47. The number of likely N-dealkylation sites (tertiary alicyclic amines) is 1. The van der Waals surface area contributed by atoms with E-state index in [1.54, 1.807) is 0 Å². The van der Waals surface area contributed by atoms with Crippen LogP contribution in [0.3, 0.4) is 0 Å². The van der Waals surface area contributed by atoms with Gasteiger partial charge in [-0.3, -0.25) is 10.1 Å². The molecule has 1 spiro atoms. The highest BCUT2D eigenvalue weighted by atomic mass is 16.2. The van der Waals surface area contributed by atoms with Crippen LogP contribution in [0.2, 0.25) is 0 Å². The largest absolute Gasteiger partial charge is 0.325 e. The van der Waals surface area contributed by atoms with E-state index in [0.717, 1.165) is 39.0 Å². The zero-order chi connectivity index (χ0) is 11.3. The number of amides is 1. The van der Waals surface area contributed by atoms with E-state index in [9.17, 15) is 4.79 Å². The fourth-order valence-electron chi connectivity index (χ4n) is 3.25. The number of carbonyl (C=O) groups is 1. The molecule has 0 aromatic carbocycles. The number of hydrogen-bond acceptors (Lipinski definition) is 3. The molecule has 1 saturated carbocycles. The first-order valence-electron chi connectivity index (χ1n) is 6.37. The van der Waals surface area contributed by atoms with E-state index in [-0.39, 0.29) is 5.54 Å². The monoisotopic (exact) mass is 223 g/mol. The summed E-state index contributed by atoms with van der Waals surface area (Å²) in [6, 6.07) is 0.455. The predicted molar refractivity (Wildman–Crippen MR) is 61.9 cm³/mol. The summed E-state index contributed by atoms with van der Waals surface area (Å²) in [5.74, 6) is 0.965. The third-order valence-electron chi connectivity index (χ3n) is 4.47. The van der Waals surface area contributed by atoms with E-state index in [2.05, 4.69) is 29.1 Å². The number of rotatable bonds is 1. The lowest BCUT2D eigenvalue weighted by atomic mass is 9.93. The molecule has 2 aliphatic heterocycles.